The zero-order valence-corrected chi connectivity index (χ0v) is 29.1. The Hall–Kier alpha value is -5.14. The van der Waals surface area contributed by atoms with E-state index >= 15 is 0 Å². The molecular formula is C38H42N8O5. The summed E-state index contributed by atoms with van der Waals surface area (Å²) in [6.07, 6.45) is 3.44. The summed E-state index contributed by atoms with van der Waals surface area (Å²) in [6.45, 7) is 7.40. The van der Waals surface area contributed by atoms with Crippen LogP contribution in [0.1, 0.15) is 93.6 Å². The summed E-state index contributed by atoms with van der Waals surface area (Å²) in [5.41, 5.74) is 7.45. The molecule has 5 amide bonds. The minimum absolute atomic E-state index is 0.103. The molecule has 3 aliphatic heterocycles. The minimum atomic E-state index is -0.829. The quantitative estimate of drug-likeness (QED) is 0.184. The number of nitrogens with zero attached hydrogens (tertiary/aromatic N) is 3. The van der Waals surface area contributed by atoms with Crippen molar-refractivity contribution in [3.05, 3.63) is 75.5 Å². The van der Waals surface area contributed by atoms with E-state index in [1.165, 1.54) is 11.3 Å². The molecule has 51 heavy (non-hydrogen) atoms. The number of nitrogens with one attached hydrogen (secondary N) is 5. The predicted octanol–water partition coefficient (Wildman–Crippen LogP) is 3.08. The van der Waals surface area contributed by atoms with Crippen LogP contribution in [-0.4, -0.2) is 88.0 Å². The molecule has 2 saturated heterocycles. The number of rotatable bonds is 7. The highest BCUT2D eigenvalue weighted by atomic mass is 16.2. The molecule has 2 aromatic heterocycles. The average molecular weight is 691 g/mol. The molecule has 2 unspecified atom stereocenters. The maximum Gasteiger partial charge on any atom is 0.259 e. The van der Waals surface area contributed by atoms with E-state index < -0.39 is 29.6 Å². The molecule has 13 heteroatoms. The number of aromatic amines is 2. The number of amides is 5. The number of hydrogen-bond acceptors (Lipinski definition) is 8. The van der Waals surface area contributed by atoms with Gasteiger partial charge in [-0.2, -0.15) is 5.10 Å². The minimum Gasteiger partial charge on any atom is -0.353 e. The van der Waals surface area contributed by atoms with E-state index in [4.69, 9.17) is 5.10 Å². The molecule has 0 spiro atoms. The van der Waals surface area contributed by atoms with Gasteiger partial charge < -0.3 is 10.3 Å². The molecule has 264 valence electrons. The molecule has 5 heterocycles. The van der Waals surface area contributed by atoms with E-state index in [0.29, 0.717) is 24.2 Å². The van der Waals surface area contributed by atoms with Gasteiger partial charge in [-0.1, -0.05) is 32.0 Å². The van der Waals surface area contributed by atoms with Crippen LogP contribution in [0.2, 0.25) is 0 Å². The number of aromatic nitrogens is 3. The molecule has 8 rings (SSSR count). The zero-order chi connectivity index (χ0) is 35.6. The monoisotopic (exact) mass is 690 g/mol. The second-order valence-corrected chi connectivity index (χ2v) is 15.1. The van der Waals surface area contributed by atoms with Crippen molar-refractivity contribution >= 4 is 40.4 Å². The molecule has 0 bridgehead atoms. The van der Waals surface area contributed by atoms with Crippen LogP contribution in [0.3, 0.4) is 0 Å². The number of piperazine rings is 1. The van der Waals surface area contributed by atoms with Crippen LogP contribution in [-0.2, 0) is 33.6 Å². The van der Waals surface area contributed by atoms with Crippen LogP contribution in [0, 0.1) is 5.41 Å². The summed E-state index contributed by atoms with van der Waals surface area (Å²) >= 11 is 0. The first-order valence-electron chi connectivity index (χ1n) is 17.7. The Morgan fingerprint density at radius 2 is 1.82 bits per heavy atom. The van der Waals surface area contributed by atoms with Crippen molar-refractivity contribution in [2.75, 3.05) is 33.2 Å². The smallest absolute Gasteiger partial charge is 0.259 e. The fourth-order valence-electron chi connectivity index (χ4n) is 8.32. The molecular weight excluding hydrogens is 648 g/mol. The first kappa shape index (κ1) is 33.0. The van der Waals surface area contributed by atoms with Crippen LogP contribution < -0.4 is 16.0 Å². The number of hydrazine groups is 1. The number of hydrogen-bond donors (Lipinski definition) is 5. The van der Waals surface area contributed by atoms with Gasteiger partial charge >= 0.3 is 0 Å². The SMILES string of the molecule is CN(C(=O)C(Cc1ccc2c(c1C1CCC(=O)NC1=O)C(=O)NC2=O)c1ccc2cc(-c3n[nH]c4c3CCC(C)(C)C4)[nH]c2c1)N1CCNCC1. The highest BCUT2D eigenvalue weighted by Crippen LogP contribution is 2.40. The normalized spacial score (nSPS) is 20.9. The van der Waals surface area contributed by atoms with E-state index in [2.05, 4.69) is 45.9 Å². The number of imide groups is 2. The van der Waals surface area contributed by atoms with Crippen molar-refractivity contribution in [1.82, 2.24) is 41.1 Å². The Kier molecular flexibility index (Phi) is 8.14. The van der Waals surface area contributed by atoms with Crippen molar-refractivity contribution in [2.45, 2.75) is 64.2 Å². The van der Waals surface area contributed by atoms with E-state index in [1.54, 1.807) is 24.2 Å². The predicted molar refractivity (Wildman–Crippen MR) is 189 cm³/mol. The Bertz CT molecular complexity index is 2120. The lowest BCUT2D eigenvalue weighted by molar-refractivity contribution is -0.148. The van der Waals surface area contributed by atoms with Crippen molar-refractivity contribution in [1.29, 1.82) is 0 Å². The fourth-order valence-corrected chi connectivity index (χ4v) is 8.32. The topological polar surface area (TPSA) is 172 Å². The summed E-state index contributed by atoms with van der Waals surface area (Å²) in [5.74, 6) is -3.68. The summed E-state index contributed by atoms with van der Waals surface area (Å²) < 4.78 is 0. The number of carbonyl (C=O) groups excluding carboxylic acids is 5. The molecule has 4 aliphatic rings. The van der Waals surface area contributed by atoms with Gasteiger partial charge in [0.05, 0.1) is 28.7 Å². The Balaban J connectivity index is 1.20. The molecule has 2 fully saturated rings. The number of fused-ring (bicyclic) bond motifs is 3. The summed E-state index contributed by atoms with van der Waals surface area (Å²) in [5, 5.41) is 20.8. The maximum absolute atomic E-state index is 14.6. The second-order valence-electron chi connectivity index (χ2n) is 15.1. The molecule has 4 aromatic rings. The van der Waals surface area contributed by atoms with E-state index in [1.807, 2.05) is 23.2 Å². The highest BCUT2D eigenvalue weighted by Gasteiger charge is 2.40. The lowest BCUT2D eigenvalue weighted by Gasteiger charge is -2.37. The van der Waals surface area contributed by atoms with E-state index in [-0.39, 0.29) is 47.6 Å². The summed E-state index contributed by atoms with van der Waals surface area (Å²) in [7, 11) is 1.78. The maximum atomic E-state index is 14.6. The van der Waals surface area contributed by atoms with Gasteiger partial charge in [0.15, 0.2) is 0 Å². The Morgan fingerprint density at radius 1 is 1.02 bits per heavy atom. The van der Waals surface area contributed by atoms with Gasteiger partial charge in [-0.3, -0.25) is 44.7 Å². The number of carbonyl (C=O) groups is 5. The van der Waals surface area contributed by atoms with Gasteiger partial charge in [0.1, 0.15) is 5.69 Å². The van der Waals surface area contributed by atoms with Crippen LogP contribution in [0.25, 0.3) is 22.3 Å². The third-order valence-corrected chi connectivity index (χ3v) is 11.1. The van der Waals surface area contributed by atoms with Crippen LogP contribution in [0.4, 0.5) is 0 Å². The number of benzene rings is 2. The summed E-state index contributed by atoms with van der Waals surface area (Å²) in [6, 6.07) is 11.4. The molecule has 0 radical (unpaired) electrons. The van der Waals surface area contributed by atoms with Crippen LogP contribution in [0.15, 0.2) is 36.4 Å². The highest BCUT2D eigenvalue weighted by molar-refractivity contribution is 6.23. The lowest BCUT2D eigenvalue weighted by Crippen LogP contribution is -2.54. The summed E-state index contributed by atoms with van der Waals surface area (Å²) in [4.78, 5) is 69.5. The second kappa shape index (κ2) is 12.6. The third-order valence-electron chi connectivity index (χ3n) is 11.1. The first-order valence-corrected chi connectivity index (χ1v) is 17.7. The van der Waals surface area contributed by atoms with Crippen LogP contribution >= 0.6 is 0 Å². The van der Waals surface area contributed by atoms with Gasteiger partial charge in [0.2, 0.25) is 17.7 Å². The van der Waals surface area contributed by atoms with Crippen LogP contribution in [0.5, 0.6) is 0 Å². The first-order chi connectivity index (χ1) is 24.5. The average Bonchev–Trinajstić information content (AvgIpc) is 3.80. The molecule has 2 atom stereocenters. The third kappa shape index (κ3) is 5.93. The van der Waals surface area contributed by atoms with Crippen molar-refractivity contribution in [2.24, 2.45) is 5.41 Å². The molecule has 2 aromatic carbocycles. The van der Waals surface area contributed by atoms with Gasteiger partial charge in [-0.05, 0) is 72.4 Å². The largest absolute Gasteiger partial charge is 0.353 e. The van der Waals surface area contributed by atoms with E-state index in [9.17, 15) is 24.0 Å². The van der Waals surface area contributed by atoms with Crippen molar-refractivity contribution in [3.63, 3.8) is 0 Å². The van der Waals surface area contributed by atoms with E-state index in [0.717, 1.165) is 60.2 Å². The Labute approximate surface area is 294 Å². The van der Waals surface area contributed by atoms with Gasteiger partial charge in [-0.15, -0.1) is 0 Å². The number of likely N-dealkylation sites (N-methyl/N-ethyl adjacent to an activating group) is 1. The van der Waals surface area contributed by atoms with Gasteiger partial charge in [0, 0.05) is 61.8 Å². The van der Waals surface area contributed by atoms with Gasteiger partial charge in [0.25, 0.3) is 11.8 Å². The molecule has 0 saturated carbocycles. The molecule has 5 N–H and O–H groups in total. The van der Waals surface area contributed by atoms with Gasteiger partial charge in [-0.25, -0.2) is 5.01 Å². The lowest BCUT2D eigenvalue weighted by atomic mass is 9.76. The zero-order valence-electron chi connectivity index (χ0n) is 29.1. The number of H-pyrrole nitrogens is 2. The molecule has 13 nitrogen and oxygen atoms in total. The number of piperidine rings is 1. The fraction of sp³-hybridized carbons (Fsp3) is 0.421. The molecule has 1 aliphatic carbocycles. The van der Waals surface area contributed by atoms with Crippen molar-refractivity contribution < 1.29 is 24.0 Å². The Morgan fingerprint density at radius 3 is 2.61 bits per heavy atom. The standard InChI is InChI=1S/C38H42N8O5/c1-38(2)11-10-23-29(19-38)43-44-33(23)28-18-21-5-4-20(17-27(21)40-28)26(37(51)45(3)46-14-12-39-13-15-46)16-22-6-7-25-32(36(50)42-35(25)49)31(22)24-8-9-30(47)41-34(24)48/h4-7,17-18,24,26,39-40H,8-16,19H2,1-3H3,(H,43,44)(H,41,47,48)(H,42,49,50). The van der Waals surface area contributed by atoms with Crippen molar-refractivity contribution in [3.8, 4) is 11.4 Å².